The molecule has 0 atom stereocenters. The summed E-state index contributed by atoms with van der Waals surface area (Å²) in [4.78, 5) is 13.7. The maximum absolute atomic E-state index is 12.0. The van der Waals surface area contributed by atoms with Crippen LogP contribution in [0, 0.1) is 5.92 Å². The fourth-order valence-corrected chi connectivity index (χ4v) is 2.64. The van der Waals surface area contributed by atoms with Crippen LogP contribution in [-0.2, 0) is 19.0 Å². The van der Waals surface area contributed by atoms with E-state index in [2.05, 4.69) is 4.18 Å². The van der Waals surface area contributed by atoms with E-state index in [1.807, 2.05) is 20.8 Å². The minimum absolute atomic E-state index is 0.0341. The smallest absolute Gasteiger partial charge is 0.410 e. The van der Waals surface area contributed by atoms with Gasteiger partial charge in [-0.2, -0.15) is 8.42 Å². The Morgan fingerprint density at radius 3 is 2.36 bits per heavy atom. The zero-order valence-corrected chi connectivity index (χ0v) is 14.7. The minimum Gasteiger partial charge on any atom is -0.444 e. The molecule has 0 bridgehead atoms. The summed E-state index contributed by atoms with van der Waals surface area (Å²) in [5.41, 5.74) is -0.501. The Labute approximate surface area is 137 Å². The summed E-state index contributed by atoms with van der Waals surface area (Å²) in [6, 6.07) is 0. The average molecular weight is 337 g/mol. The number of hydrogen-bond donors (Lipinski definition) is 0. The van der Waals surface area contributed by atoms with Crippen molar-refractivity contribution in [1.82, 2.24) is 4.90 Å². The minimum atomic E-state index is -3.80. The van der Waals surface area contributed by atoms with Crippen molar-refractivity contribution in [1.29, 1.82) is 0 Å². The van der Waals surface area contributed by atoms with E-state index >= 15 is 0 Å². The first-order valence-corrected chi connectivity index (χ1v) is 9.48. The van der Waals surface area contributed by atoms with Crippen molar-refractivity contribution in [2.45, 2.75) is 58.5 Å². The summed E-state index contributed by atoms with van der Waals surface area (Å²) >= 11 is 0. The zero-order chi connectivity index (χ0) is 18.6. The van der Waals surface area contributed by atoms with Crippen LogP contribution < -0.4 is 0 Å². The maximum Gasteiger partial charge on any atom is 0.410 e. The van der Waals surface area contributed by atoms with Crippen LogP contribution in [0.3, 0.4) is 0 Å². The van der Waals surface area contributed by atoms with Gasteiger partial charge < -0.3 is 9.64 Å². The lowest BCUT2D eigenvalue weighted by atomic mass is 9.92. The molecule has 1 aliphatic heterocycles. The van der Waals surface area contributed by atoms with E-state index in [0.29, 0.717) is 25.4 Å². The highest BCUT2D eigenvalue weighted by atomic mass is 32.2. The topological polar surface area (TPSA) is 72.9 Å². The summed E-state index contributed by atoms with van der Waals surface area (Å²) in [7, 11) is -3.80. The van der Waals surface area contributed by atoms with Gasteiger partial charge in [-0.05, 0) is 46.0 Å². The van der Waals surface area contributed by atoms with E-state index in [0.717, 1.165) is 25.5 Å². The molecule has 0 aliphatic carbocycles. The third-order valence-electron chi connectivity index (χ3n) is 3.37. The Morgan fingerprint density at radius 2 is 1.86 bits per heavy atom. The molecule has 1 saturated heterocycles. The number of hydrogen-bond acceptors (Lipinski definition) is 5. The predicted octanol–water partition coefficient (Wildman–Crippen LogP) is 2.78. The summed E-state index contributed by atoms with van der Waals surface area (Å²) in [6.07, 6.45) is 3.60. The number of rotatable bonds is 6. The van der Waals surface area contributed by atoms with Crippen LogP contribution in [0.15, 0.2) is 0 Å². The van der Waals surface area contributed by atoms with Gasteiger partial charge in [0.25, 0.3) is 10.1 Å². The fourth-order valence-electron chi connectivity index (χ4n) is 2.34. The van der Waals surface area contributed by atoms with Gasteiger partial charge in [-0.3, -0.25) is 4.18 Å². The highest BCUT2D eigenvalue weighted by Crippen LogP contribution is 2.23. The Hall–Kier alpha value is -0.820. The van der Waals surface area contributed by atoms with Crippen molar-refractivity contribution in [2.24, 2.45) is 5.92 Å². The molecule has 6 nitrogen and oxygen atoms in total. The van der Waals surface area contributed by atoms with Crippen molar-refractivity contribution in [3.63, 3.8) is 0 Å². The van der Waals surface area contributed by atoms with Gasteiger partial charge in [0.15, 0.2) is 0 Å². The van der Waals surface area contributed by atoms with Crippen molar-refractivity contribution < 1.29 is 24.9 Å². The molecule has 0 aromatic heterocycles. The molecule has 1 rings (SSSR count). The van der Waals surface area contributed by atoms with Crippen LogP contribution in [0.4, 0.5) is 4.79 Å². The molecule has 0 unspecified atom stereocenters. The van der Waals surface area contributed by atoms with Crippen LogP contribution >= 0.6 is 0 Å². The largest absolute Gasteiger partial charge is 0.444 e. The molecule has 22 heavy (non-hydrogen) atoms. The van der Waals surface area contributed by atoms with Gasteiger partial charge in [0, 0.05) is 13.1 Å². The van der Waals surface area contributed by atoms with Gasteiger partial charge in [-0.25, -0.2) is 4.79 Å². The van der Waals surface area contributed by atoms with Crippen LogP contribution in [0.1, 0.15) is 55.6 Å². The second-order valence-corrected chi connectivity index (χ2v) is 8.31. The van der Waals surface area contributed by atoms with Crippen LogP contribution in [0.25, 0.3) is 0 Å². The molecule has 1 amide bonds. The van der Waals surface area contributed by atoms with Gasteiger partial charge in [0.2, 0.25) is 0 Å². The Kier molecular flexibility index (Phi) is 5.95. The molecule has 0 radical (unpaired) electrons. The normalized spacial score (nSPS) is 19.5. The summed E-state index contributed by atoms with van der Waals surface area (Å²) < 4.78 is 46.9. The molecule has 1 heterocycles. The van der Waals surface area contributed by atoms with Gasteiger partial charge in [0.1, 0.15) is 5.60 Å². The second-order valence-electron chi connectivity index (χ2n) is 6.73. The van der Waals surface area contributed by atoms with E-state index in [4.69, 9.17) is 7.48 Å². The standard InChI is InChI=1S/C15H29NO5S/c1-15(2,3)21-14(17)16-10-8-13(9-11-16)7-5-6-12-20-22(4,18)19/h13H,5-12H2,1-4H3/i12D2. The van der Waals surface area contributed by atoms with Crippen molar-refractivity contribution in [3.8, 4) is 0 Å². The highest BCUT2D eigenvalue weighted by molar-refractivity contribution is 7.85. The lowest BCUT2D eigenvalue weighted by molar-refractivity contribution is 0.0180. The van der Waals surface area contributed by atoms with Gasteiger partial charge in [-0.1, -0.05) is 12.8 Å². The first kappa shape index (κ1) is 16.1. The third-order valence-corrected chi connectivity index (χ3v) is 3.79. The molecule has 0 aromatic rings. The SMILES string of the molecule is [2H]C([2H])(CCCC1CCN(C(=O)OC(C)(C)C)CC1)OS(C)(=O)=O. The average Bonchev–Trinajstić information content (AvgIpc) is 2.34. The molecule has 0 N–H and O–H groups in total. The highest BCUT2D eigenvalue weighted by Gasteiger charge is 2.26. The summed E-state index contributed by atoms with van der Waals surface area (Å²) in [5, 5.41) is 0. The van der Waals surface area contributed by atoms with Crippen LogP contribution in [0.2, 0.25) is 0 Å². The lowest BCUT2D eigenvalue weighted by Gasteiger charge is -2.33. The molecular weight excluding hydrogens is 306 g/mol. The second kappa shape index (κ2) is 8.15. The number of carbonyl (C=O) groups excluding carboxylic acids is 1. The summed E-state index contributed by atoms with van der Waals surface area (Å²) in [5.74, 6) is 0.401. The Bertz CT molecular complexity index is 522. The molecule has 1 fully saturated rings. The molecule has 0 aromatic carbocycles. The van der Waals surface area contributed by atoms with Crippen molar-refractivity contribution >= 4 is 16.2 Å². The van der Waals surface area contributed by atoms with E-state index in [-0.39, 0.29) is 12.5 Å². The third kappa shape index (κ3) is 8.58. The van der Waals surface area contributed by atoms with Crippen molar-refractivity contribution in [3.05, 3.63) is 0 Å². The van der Waals surface area contributed by atoms with E-state index in [1.165, 1.54) is 0 Å². The number of likely N-dealkylation sites (tertiary alicyclic amines) is 1. The number of carbonyl (C=O) groups is 1. The maximum atomic E-state index is 12.0. The van der Waals surface area contributed by atoms with E-state index < -0.39 is 22.3 Å². The first-order valence-electron chi connectivity index (χ1n) is 8.66. The monoisotopic (exact) mass is 337 g/mol. The fraction of sp³-hybridized carbons (Fsp3) is 0.933. The Morgan fingerprint density at radius 1 is 1.27 bits per heavy atom. The predicted molar refractivity (Wildman–Crippen MR) is 85.2 cm³/mol. The van der Waals surface area contributed by atoms with Crippen molar-refractivity contribution in [2.75, 3.05) is 25.9 Å². The number of nitrogens with zero attached hydrogens (tertiary/aromatic N) is 1. The van der Waals surface area contributed by atoms with Gasteiger partial charge in [0.05, 0.1) is 15.6 Å². The number of ether oxygens (including phenoxy) is 1. The molecule has 7 heteroatoms. The van der Waals surface area contributed by atoms with E-state index in [9.17, 15) is 13.2 Å². The molecule has 0 saturated carbocycles. The molecule has 0 spiro atoms. The molecular formula is C15H29NO5S. The van der Waals surface area contributed by atoms with Crippen LogP contribution in [0.5, 0.6) is 0 Å². The number of piperidine rings is 1. The van der Waals surface area contributed by atoms with Crippen LogP contribution in [-0.4, -0.2) is 50.9 Å². The molecule has 1 aliphatic rings. The quantitative estimate of drug-likeness (QED) is 0.697. The van der Waals surface area contributed by atoms with Gasteiger partial charge >= 0.3 is 6.09 Å². The Balaban J connectivity index is 2.31. The zero-order valence-electron chi connectivity index (χ0n) is 15.9. The van der Waals surface area contributed by atoms with E-state index in [1.54, 1.807) is 4.90 Å². The van der Waals surface area contributed by atoms with Gasteiger partial charge in [-0.15, -0.1) is 0 Å². The first-order chi connectivity index (χ1) is 10.8. The molecule has 130 valence electrons. The summed E-state index contributed by atoms with van der Waals surface area (Å²) in [6.45, 7) is 4.61. The lowest BCUT2D eigenvalue weighted by Crippen LogP contribution is -2.41. The number of amides is 1.